The van der Waals surface area contributed by atoms with E-state index >= 15 is 0 Å². The van der Waals surface area contributed by atoms with E-state index in [0.29, 0.717) is 19.3 Å². The van der Waals surface area contributed by atoms with E-state index in [9.17, 15) is 0 Å². The van der Waals surface area contributed by atoms with E-state index in [-0.39, 0.29) is 6.61 Å². The van der Waals surface area contributed by atoms with Gasteiger partial charge in [-0.1, -0.05) is 12.2 Å². The van der Waals surface area contributed by atoms with Crippen LogP contribution in [0.4, 0.5) is 0 Å². The van der Waals surface area contributed by atoms with Crippen LogP contribution in [0.2, 0.25) is 0 Å². The minimum absolute atomic E-state index is 0.122. The lowest BCUT2D eigenvalue weighted by atomic mass is 9.73. The zero-order chi connectivity index (χ0) is 10.5. The predicted octanol–water partition coefficient (Wildman–Crippen LogP) is 0.940. The summed E-state index contributed by atoms with van der Waals surface area (Å²) in [4.78, 5) is 0. The highest BCUT2D eigenvalue weighted by atomic mass is 16.5. The summed E-state index contributed by atoms with van der Waals surface area (Å²) in [7, 11) is 0. The van der Waals surface area contributed by atoms with Crippen LogP contribution in [0.5, 0.6) is 0 Å². The van der Waals surface area contributed by atoms with Crippen molar-refractivity contribution in [1.29, 1.82) is 0 Å². The third-order valence-corrected chi connectivity index (χ3v) is 3.46. The van der Waals surface area contributed by atoms with E-state index in [1.165, 1.54) is 19.3 Å². The topological polar surface area (TPSA) is 41.5 Å². The zero-order valence-corrected chi connectivity index (χ0v) is 9.19. The number of allylic oxidation sites excluding steroid dienone is 1. The summed E-state index contributed by atoms with van der Waals surface area (Å²) < 4.78 is 5.22. The van der Waals surface area contributed by atoms with Crippen molar-refractivity contribution in [3.05, 3.63) is 12.2 Å². The SMILES string of the molecule is OCCOCCNC1C[C@H]2C=C[C@@H]1CC2. The largest absolute Gasteiger partial charge is 0.394 e. The molecule has 1 unspecified atom stereocenters. The number of rotatable bonds is 6. The van der Waals surface area contributed by atoms with Crippen LogP contribution in [0, 0.1) is 11.8 Å². The molecule has 0 aromatic heterocycles. The Hall–Kier alpha value is -0.380. The monoisotopic (exact) mass is 211 g/mol. The Morgan fingerprint density at radius 3 is 2.80 bits per heavy atom. The second-order valence-corrected chi connectivity index (χ2v) is 4.52. The van der Waals surface area contributed by atoms with Gasteiger partial charge in [0.05, 0.1) is 19.8 Å². The average Bonchev–Trinajstić information content (AvgIpc) is 2.30. The molecule has 0 heterocycles. The van der Waals surface area contributed by atoms with E-state index in [1.807, 2.05) is 0 Å². The molecule has 3 aliphatic carbocycles. The van der Waals surface area contributed by atoms with Crippen LogP contribution in [-0.4, -0.2) is 37.5 Å². The molecular formula is C12H21NO2. The molecule has 2 N–H and O–H groups in total. The van der Waals surface area contributed by atoms with Crippen molar-refractivity contribution in [3.63, 3.8) is 0 Å². The number of aliphatic hydroxyl groups is 1. The van der Waals surface area contributed by atoms with Gasteiger partial charge in [-0.3, -0.25) is 0 Å². The molecule has 3 heteroatoms. The average molecular weight is 211 g/mol. The zero-order valence-electron chi connectivity index (χ0n) is 9.19. The molecule has 86 valence electrons. The third kappa shape index (κ3) is 3.03. The second kappa shape index (κ2) is 5.64. The number of fused-ring (bicyclic) bond motifs is 2. The van der Waals surface area contributed by atoms with Crippen molar-refractivity contribution in [2.75, 3.05) is 26.4 Å². The van der Waals surface area contributed by atoms with Gasteiger partial charge in [-0.2, -0.15) is 0 Å². The summed E-state index contributed by atoms with van der Waals surface area (Å²) >= 11 is 0. The Morgan fingerprint density at radius 2 is 2.20 bits per heavy atom. The van der Waals surface area contributed by atoms with E-state index < -0.39 is 0 Å². The van der Waals surface area contributed by atoms with Gasteiger partial charge < -0.3 is 15.2 Å². The van der Waals surface area contributed by atoms with Crippen LogP contribution in [0.1, 0.15) is 19.3 Å². The van der Waals surface area contributed by atoms with Gasteiger partial charge in [0, 0.05) is 12.6 Å². The Kier molecular flexibility index (Phi) is 4.18. The molecule has 3 atom stereocenters. The maximum Gasteiger partial charge on any atom is 0.0698 e. The Balaban J connectivity index is 1.62. The van der Waals surface area contributed by atoms with Crippen LogP contribution < -0.4 is 5.32 Å². The van der Waals surface area contributed by atoms with E-state index in [0.717, 1.165) is 18.4 Å². The van der Waals surface area contributed by atoms with Gasteiger partial charge in [-0.25, -0.2) is 0 Å². The summed E-state index contributed by atoms with van der Waals surface area (Å²) in [6.07, 6.45) is 8.77. The first kappa shape index (κ1) is 11.1. The first-order chi connectivity index (χ1) is 7.40. The molecule has 0 radical (unpaired) electrons. The summed E-state index contributed by atoms with van der Waals surface area (Å²) in [5.41, 5.74) is 0. The van der Waals surface area contributed by atoms with Gasteiger partial charge >= 0.3 is 0 Å². The van der Waals surface area contributed by atoms with E-state index in [4.69, 9.17) is 9.84 Å². The minimum Gasteiger partial charge on any atom is -0.394 e. The molecule has 0 spiro atoms. The smallest absolute Gasteiger partial charge is 0.0698 e. The number of hydrogen-bond acceptors (Lipinski definition) is 3. The highest BCUT2D eigenvalue weighted by Gasteiger charge is 2.30. The number of hydrogen-bond donors (Lipinski definition) is 2. The lowest BCUT2D eigenvalue weighted by Gasteiger charge is -2.38. The standard InChI is InChI=1S/C12H21NO2/c14-6-8-15-7-5-13-12-9-10-1-3-11(12)4-2-10/h1,3,10-14H,2,4-9H2/t10-,11+,12?/m0/s1. The first-order valence-electron chi connectivity index (χ1n) is 6.00. The third-order valence-electron chi connectivity index (χ3n) is 3.46. The molecule has 0 aliphatic heterocycles. The van der Waals surface area contributed by atoms with Crippen molar-refractivity contribution in [3.8, 4) is 0 Å². The Morgan fingerprint density at radius 1 is 1.27 bits per heavy atom. The van der Waals surface area contributed by atoms with Gasteiger partial charge in [0.2, 0.25) is 0 Å². The molecule has 2 bridgehead atoms. The number of ether oxygens (including phenoxy) is 1. The normalized spacial score (nSPS) is 33.5. The summed E-state index contributed by atoms with van der Waals surface area (Å²) in [5.74, 6) is 1.55. The number of nitrogens with one attached hydrogen (secondary N) is 1. The van der Waals surface area contributed by atoms with Gasteiger partial charge in [0.1, 0.15) is 0 Å². The molecule has 3 rings (SSSR count). The lowest BCUT2D eigenvalue weighted by Crippen LogP contribution is -2.43. The molecule has 0 aromatic carbocycles. The minimum atomic E-state index is 0.122. The molecule has 0 amide bonds. The van der Waals surface area contributed by atoms with Crippen molar-refractivity contribution >= 4 is 0 Å². The quantitative estimate of drug-likeness (QED) is 0.507. The lowest BCUT2D eigenvalue weighted by molar-refractivity contribution is 0.0897. The molecule has 3 aliphatic rings. The highest BCUT2D eigenvalue weighted by molar-refractivity contribution is 5.08. The van der Waals surface area contributed by atoms with Crippen LogP contribution in [-0.2, 0) is 4.74 Å². The van der Waals surface area contributed by atoms with Crippen molar-refractivity contribution in [1.82, 2.24) is 5.32 Å². The van der Waals surface area contributed by atoms with Crippen LogP contribution >= 0.6 is 0 Å². The summed E-state index contributed by atoms with van der Waals surface area (Å²) in [6.45, 7) is 2.19. The van der Waals surface area contributed by atoms with Gasteiger partial charge in [0.25, 0.3) is 0 Å². The van der Waals surface area contributed by atoms with Crippen LogP contribution in [0.15, 0.2) is 12.2 Å². The molecule has 0 aromatic rings. The van der Waals surface area contributed by atoms with Gasteiger partial charge in [-0.05, 0) is 31.1 Å². The maximum absolute atomic E-state index is 8.55. The fourth-order valence-corrected chi connectivity index (χ4v) is 2.65. The fraction of sp³-hybridized carbons (Fsp3) is 0.833. The van der Waals surface area contributed by atoms with Crippen LogP contribution in [0.25, 0.3) is 0 Å². The van der Waals surface area contributed by atoms with Crippen molar-refractivity contribution < 1.29 is 9.84 Å². The molecule has 3 nitrogen and oxygen atoms in total. The molecule has 0 saturated heterocycles. The first-order valence-corrected chi connectivity index (χ1v) is 6.00. The summed E-state index contributed by atoms with van der Waals surface area (Å²) in [6, 6.07) is 0.659. The Bertz CT molecular complexity index is 218. The predicted molar refractivity (Wildman–Crippen MR) is 59.7 cm³/mol. The van der Waals surface area contributed by atoms with E-state index in [1.54, 1.807) is 0 Å². The van der Waals surface area contributed by atoms with Gasteiger partial charge in [-0.15, -0.1) is 0 Å². The summed E-state index contributed by atoms with van der Waals surface area (Å²) in [5, 5.41) is 12.1. The van der Waals surface area contributed by atoms with Crippen molar-refractivity contribution in [2.24, 2.45) is 11.8 Å². The second-order valence-electron chi connectivity index (χ2n) is 4.52. The molecule has 1 saturated carbocycles. The van der Waals surface area contributed by atoms with Gasteiger partial charge in [0.15, 0.2) is 0 Å². The molecule has 1 fully saturated rings. The number of aliphatic hydroxyl groups excluding tert-OH is 1. The van der Waals surface area contributed by atoms with Crippen molar-refractivity contribution in [2.45, 2.75) is 25.3 Å². The molecular weight excluding hydrogens is 190 g/mol. The molecule has 15 heavy (non-hydrogen) atoms. The fourth-order valence-electron chi connectivity index (χ4n) is 2.65. The van der Waals surface area contributed by atoms with E-state index in [2.05, 4.69) is 17.5 Å². The highest BCUT2D eigenvalue weighted by Crippen LogP contribution is 2.35. The van der Waals surface area contributed by atoms with Crippen LogP contribution in [0.3, 0.4) is 0 Å². The Labute approximate surface area is 91.5 Å². The maximum atomic E-state index is 8.55.